The molecule has 4 rings (SSSR count). The average Bonchev–Trinajstić information content (AvgIpc) is 2.95. The number of anilines is 1. The number of carbonyl (C=O) groups is 1. The van der Waals surface area contributed by atoms with Gasteiger partial charge in [-0.25, -0.2) is 4.79 Å². The Bertz CT molecular complexity index is 856. The molecule has 142 valence electrons. The van der Waals surface area contributed by atoms with Crippen molar-refractivity contribution in [1.82, 2.24) is 4.90 Å². The van der Waals surface area contributed by atoms with Gasteiger partial charge in [0.1, 0.15) is 5.75 Å². The van der Waals surface area contributed by atoms with E-state index >= 15 is 0 Å². The Balaban J connectivity index is 1.48. The first-order chi connectivity index (χ1) is 13.0. The normalized spacial score (nSPS) is 20.4. The molecule has 2 aromatic carbocycles. The minimum atomic E-state index is -0.364. The maximum absolute atomic E-state index is 12.8. The molecular weight excluding hydrogens is 340 g/mol. The SMILES string of the molecule is COc1cccc(C)c1NC(=O)N1CCC2(CC1)c1ccccc1C[C@@H]2O. The summed E-state index contributed by atoms with van der Waals surface area (Å²) in [6.07, 6.45) is 1.91. The second-order valence-electron chi connectivity index (χ2n) is 7.60. The summed E-state index contributed by atoms with van der Waals surface area (Å²) in [6, 6.07) is 13.9. The third-order valence-corrected chi connectivity index (χ3v) is 6.23. The van der Waals surface area contributed by atoms with Gasteiger partial charge < -0.3 is 20.1 Å². The first-order valence-corrected chi connectivity index (χ1v) is 9.51. The van der Waals surface area contributed by atoms with Gasteiger partial charge in [0, 0.05) is 18.5 Å². The van der Waals surface area contributed by atoms with Gasteiger partial charge >= 0.3 is 6.03 Å². The number of benzene rings is 2. The summed E-state index contributed by atoms with van der Waals surface area (Å²) in [5.41, 5.74) is 3.98. The smallest absolute Gasteiger partial charge is 0.321 e. The number of fused-ring (bicyclic) bond motifs is 2. The molecule has 1 spiro atoms. The lowest BCUT2D eigenvalue weighted by molar-refractivity contribution is 0.0531. The van der Waals surface area contributed by atoms with E-state index in [-0.39, 0.29) is 17.6 Å². The first kappa shape index (κ1) is 17.9. The van der Waals surface area contributed by atoms with Crippen LogP contribution >= 0.6 is 0 Å². The number of ether oxygens (including phenoxy) is 1. The van der Waals surface area contributed by atoms with Crippen molar-refractivity contribution < 1.29 is 14.6 Å². The Morgan fingerprint density at radius 3 is 2.67 bits per heavy atom. The van der Waals surface area contributed by atoms with Gasteiger partial charge in [0.2, 0.25) is 0 Å². The molecule has 27 heavy (non-hydrogen) atoms. The van der Waals surface area contributed by atoms with E-state index in [0.29, 0.717) is 25.3 Å². The van der Waals surface area contributed by atoms with E-state index in [4.69, 9.17) is 4.74 Å². The van der Waals surface area contributed by atoms with Gasteiger partial charge in [-0.15, -0.1) is 0 Å². The summed E-state index contributed by atoms with van der Waals surface area (Å²) in [5.74, 6) is 0.664. The summed E-state index contributed by atoms with van der Waals surface area (Å²) in [4.78, 5) is 14.7. The van der Waals surface area contributed by atoms with Crippen LogP contribution in [0.3, 0.4) is 0 Å². The second-order valence-corrected chi connectivity index (χ2v) is 7.60. The van der Waals surface area contributed by atoms with Crippen molar-refractivity contribution in [3.8, 4) is 5.75 Å². The molecule has 0 saturated carbocycles. The zero-order chi connectivity index (χ0) is 19.0. The maximum atomic E-state index is 12.8. The van der Waals surface area contributed by atoms with E-state index in [1.807, 2.05) is 42.2 Å². The molecule has 2 N–H and O–H groups in total. The number of nitrogens with one attached hydrogen (secondary N) is 1. The predicted octanol–water partition coefficient (Wildman–Crippen LogP) is 3.49. The highest BCUT2D eigenvalue weighted by Gasteiger charge is 2.48. The standard InChI is InChI=1S/C22H26N2O3/c1-15-6-5-9-18(27-2)20(15)23-21(26)24-12-10-22(11-13-24)17-8-4-3-7-16(17)14-19(22)25/h3-9,19,25H,10-14H2,1-2H3,(H,23,26)/t19-/m0/s1. The molecule has 1 aliphatic heterocycles. The summed E-state index contributed by atoms with van der Waals surface area (Å²) >= 11 is 0. The summed E-state index contributed by atoms with van der Waals surface area (Å²) < 4.78 is 5.38. The van der Waals surface area contributed by atoms with Crippen LogP contribution < -0.4 is 10.1 Å². The number of urea groups is 1. The van der Waals surface area contributed by atoms with Crippen molar-refractivity contribution in [2.24, 2.45) is 0 Å². The number of methoxy groups -OCH3 is 1. The highest BCUT2D eigenvalue weighted by molar-refractivity contribution is 5.92. The molecule has 1 fully saturated rings. The molecule has 5 heteroatoms. The van der Waals surface area contributed by atoms with Gasteiger partial charge in [-0.05, 0) is 48.9 Å². The largest absolute Gasteiger partial charge is 0.495 e. The van der Waals surface area contributed by atoms with E-state index < -0.39 is 0 Å². The maximum Gasteiger partial charge on any atom is 0.321 e. The van der Waals surface area contributed by atoms with Crippen molar-refractivity contribution in [2.75, 3.05) is 25.5 Å². The Morgan fingerprint density at radius 2 is 1.93 bits per heavy atom. The van der Waals surface area contributed by atoms with Gasteiger partial charge in [0.15, 0.2) is 0 Å². The lowest BCUT2D eigenvalue weighted by atomic mass is 9.72. The fourth-order valence-corrected chi connectivity index (χ4v) is 4.64. The van der Waals surface area contributed by atoms with E-state index in [1.165, 1.54) is 11.1 Å². The number of aliphatic hydroxyl groups is 1. The molecule has 2 aliphatic rings. The number of carbonyl (C=O) groups excluding carboxylic acids is 1. The number of aliphatic hydroxyl groups excluding tert-OH is 1. The zero-order valence-electron chi connectivity index (χ0n) is 15.9. The van der Waals surface area contributed by atoms with Crippen molar-refractivity contribution in [1.29, 1.82) is 0 Å². The number of hydrogen-bond donors (Lipinski definition) is 2. The summed E-state index contributed by atoms with van der Waals surface area (Å²) in [5, 5.41) is 13.8. The lowest BCUT2D eigenvalue weighted by Crippen LogP contribution is -2.50. The molecule has 1 saturated heterocycles. The lowest BCUT2D eigenvalue weighted by Gasteiger charge is -2.42. The topological polar surface area (TPSA) is 61.8 Å². The number of hydrogen-bond acceptors (Lipinski definition) is 3. The average molecular weight is 366 g/mol. The van der Waals surface area contributed by atoms with E-state index in [0.717, 1.165) is 24.1 Å². The molecule has 5 nitrogen and oxygen atoms in total. The number of piperidine rings is 1. The third-order valence-electron chi connectivity index (χ3n) is 6.23. The van der Waals surface area contributed by atoms with Crippen molar-refractivity contribution >= 4 is 11.7 Å². The Hall–Kier alpha value is -2.53. The van der Waals surface area contributed by atoms with Gasteiger partial charge in [-0.2, -0.15) is 0 Å². The van der Waals surface area contributed by atoms with E-state index in [9.17, 15) is 9.90 Å². The van der Waals surface area contributed by atoms with Crippen LogP contribution in [-0.4, -0.2) is 42.3 Å². The minimum Gasteiger partial charge on any atom is -0.495 e. The van der Waals surface area contributed by atoms with Crippen molar-refractivity contribution in [3.63, 3.8) is 0 Å². The first-order valence-electron chi connectivity index (χ1n) is 9.51. The molecule has 1 heterocycles. The molecule has 2 aromatic rings. The molecule has 0 unspecified atom stereocenters. The van der Waals surface area contributed by atoms with Crippen LogP contribution in [0.2, 0.25) is 0 Å². The fourth-order valence-electron chi connectivity index (χ4n) is 4.64. The number of para-hydroxylation sites is 1. The number of rotatable bonds is 2. The highest BCUT2D eigenvalue weighted by Crippen LogP contribution is 2.46. The Labute approximate surface area is 160 Å². The minimum absolute atomic E-state index is 0.113. The van der Waals surface area contributed by atoms with Gasteiger partial charge in [-0.1, -0.05) is 36.4 Å². The van der Waals surface area contributed by atoms with Crippen LogP contribution in [0.1, 0.15) is 29.5 Å². The van der Waals surface area contributed by atoms with Crippen LogP contribution in [0.5, 0.6) is 5.75 Å². The number of nitrogens with zero attached hydrogens (tertiary/aromatic N) is 1. The highest BCUT2D eigenvalue weighted by atomic mass is 16.5. The van der Waals surface area contributed by atoms with Gasteiger partial charge in [-0.3, -0.25) is 0 Å². The predicted molar refractivity (Wildman–Crippen MR) is 105 cm³/mol. The Morgan fingerprint density at radius 1 is 1.19 bits per heavy atom. The van der Waals surface area contributed by atoms with Crippen LogP contribution in [-0.2, 0) is 11.8 Å². The number of amides is 2. The second kappa shape index (κ2) is 6.89. The molecule has 0 aromatic heterocycles. The van der Waals surface area contributed by atoms with Crippen LogP contribution in [0.15, 0.2) is 42.5 Å². The van der Waals surface area contributed by atoms with Gasteiger partial charge in [0.05, 0.1) is 18.9 Å². The quantitative estimate of drug-likeness (QED) is 0.855. The van der Waals surface area contributed by atoms with Crippen LogP contribution in [0, 0.1) is 6.92 Å². The molecule has 1 aliphatic carbocycles. The third kappa shape index (κ3) is 2.96. The summed E-state index contributed by atoms with van der Waals surface area (Å²) in [6.45, 7) is 3.21. The van der Waals surface area contributed by atoms with E-state index in [1.54, 1.807) is 7.11 Å². The van der Waals surface area contributed by atoms with Gasteiger partial charge in [0.25, 0.3) is 0 Å². The molecule has 0 radical (unpaired) electrons. The molecule has 1 atom stereocenters. The number of aryl methyl sites for hydroxylation is 1. The summed E-state index contributed by atoms with van der Waals surface area (Å²) in [7, 11) is 1.61. The van der Waals surface area contributed by atoms with Crippen molar-refractivity contribution in [3.05, 3.63) is 59.2 Å². The monoisotopic (exact) mass is 366 g/mol. The van der Waals surface area contributed by atoms with E-state index in [2.05, 4.69) is 17.4 Å². The van der Waals surface area contributed by atoms with Crippen LogP contribution in [0.25, 0.3) is 0 Å². The fraction of sp³-hybridized carbons (Fsp3) is 0.409. The molecular formula is C22H26N2O3. The number of likely N-dealkylation sites (tertiary alicyclic amines) is 1. The molecule has 2 amide bonds. The van der Waals surface area contributed by atoms with Crippen molar-refractivity contribution in [2.45, 2.75) is 37.7 Å². The van der Waals surface area contributed by atoms with Crippen LogP contribution in [0.4, 0.5) is 10.5 Å². The Kier molecular flexibility index (Phi) is 4.56. The zero-order valence-corrected chi connectivity index (χ0v) is 15.9. The molecule has 0 bridgehead atoms.